The zero-order chi connectivity index (χ0) is 11.1. The van der Waals surface area contributed by atoms with Gasteiger partial charge in [0.15, 0.2) is 0 Å². The molecular weight excluding hydrogens is 206 g/mol. The molecule has 2 unspecified atom stereocenters. The predicted molar refractivity (Wildman–Crippen MR) is 66.4 cm³/mol. The standard InChI is InChI=1S/C12H19NOS/c1-3-15(14)10-9-13-11(2)12-7-5-4-6-8-12/h4-8,11,13H,3,9-10H2,1-2H3. The van der Waals surface area contributed by atoms with Crippen molar-refractivity contribution in [2.75, 3.05) is 18.1 Å². The molecule has 1 rings (SSSR count). The summed E-state index contributed by atoms with van der Waals surface area (Å²) in [4.78, 5) is 0. The Labute approximate surface area is 94.5 Å². The monoisotopic (exact) mass is 225 g/mol. The smallest absolute Gasteiger partial charge is 0.0360 e. The summed E-state index contributed by atoms with van der Waals surface area (Å²) < 4.78 is 11.2. The summed E-state index contributed by atoms with van der Waals surface area (Å²) in [5.41, 5.74) is 1.28. The summed E-state index contributed by atoms with van der Waals surface area (Å²) in [5.74, 6) is 1.50. The van der Waals surface area contributed by atoms with Gasteiger partial charge in [-0.1, -0.05) is 37.3 Å². The van der Waals surface area contributed by atoms with E-state index < -0.39 is 10.8 Å². The molecule has 1 aromatic rings. The lowest BCUT2D eigenvalue weighted by Crippen LogP contribution is -2.24. The van der Waals surface area contributed by atoms with Crippen LogP contribution in [0.4, 0.5) is 0 Å². The van der Waals surface area contributed by atoms with Crippen LogP contribution in [0.25, 0.3) is 0 Å². The Morgan fingerprint density at radius 2 is 2.00 bits per heavy atom. The molecule has 0 aliphatic heterocycles. The summed E-state index contributed by atoms with van der Waals surface area (Å²) in [7, 11) is -0.662. The van der Waals surface area contributed by atoms with E-state index in [1.807, 2.05) is 25.1 Å². The van der Waals surface area contributed by atoms with E-state index in [-0.39, 0.29) is 0 Å². The highest BCUT2D eigenvalue weighted by Crippen LogP contribution is 2.10. The van der Waals surface area contributed by atoms with Crippen molar-refractivity contribution < 1.29 is 4.21 Å². The fraction of sp³-hybridized carbons (Fsp3) is 0.500. The van der Waals surface area contributed by atoms with Gasteiger partial charge < -0.3 is 5.32 Å². The van der Waals surface area contributed by atoms with Gasteiger partial charge in [0.2, 0.25) is 0 Å². The summed E-state index contributed by atoms with van der Waals surface area (Å²) >= 11 is 0. The first-order valence-corrected chi connectivity index (χ1v) is 6.86. The van der Waals surface area contributed by atoms with Crippen molar-refractivity contribution in [3.05, 3.63) is 35.9 Å². The fourth-order valence-electron chi connectivity index (χ4n) is 1.39. The van der Waals surface area contributed by atoms with Crippen molar-refractivity contribution in [3.63, 3.8) is 0 Å². The van der Waals surface area contributed by atoms with Crippen molar-refractivity contribution in [2.24, 2.45) is 0 Å². The lowest BCUT2D eigenvalue weighted by atomic mass is 10.1. The maximum Gasteiger partial charge on any atom is 0.0360 e. The van der Waals surface area contributed by atoms with Gasteiger partial charge in [-0.2, -0.15) is 0 Å². The van der Waals surface area contributed by atoms with Gasteiger partial charge in [0.05, 0.1) is 0 Å². The predicted octanol–water partition coefficient (Wildman–Crippen LogP) is 2.11. The Morgan fingerprint density at radius 3 is 2.60 bits per heavy atom. The maximum absolute atomic E-state index is 11.2. The molecule has 0 saturated heterocycles. The maximum atomic E-state index is 11.2. The Bertz CT molecular complexity index is 300. The first-order valence-electron chi connectivity index (χ1n) is 5.37. The van der Waals surface area contributed by atoms with Gasteiger partial charge in [-0.3, -0.25) is 4.21 Å². The molecule has 0 bridgehead atoms. The van der Waals surface area contributed by atoms with Crippen LogP contribution in [0.5, 0.6) is 0 Å². The zero-order valence-corrected chi connectivity index (χ0v) is 10.2. The third kappa shape index (κ3) is 4.58. The summed E-state index contributed by atoms with van der Waals surface area (Å²) in [6, 6.07) is 10.6. The number of nitrogens with one attached hydrogen (secondary N) is 1. The molecule has 0 heterocycles. The van der Waals surface area contributed by atoms with Crippen LogP contribution < -0.4 is 5.32 Å². The number of benzene rings is 1. The Hall–Kier alpha value is -0.670. The van der Waals surface area contributed by atoms with Crippen LogP contribution in [0.1, 0.15) is 25.5 Å². The van der Waals surface area contributed by atoms with Crippen LogP contribution in [-0.2, 0) is 10.8 Å². The molecule has 0 radical (unpaired) electrons. The normalized spacial score (nSPS) is 14.8. The minimum atomic E-state index is -0.662. The zero-order valence-electron chi connectivity index (χ0n) is 9.40. The van der Waals surface area contributed by atoms with Crippen molar-refractivity contribution in [2.45, 2.75) is 19.9 Å². The highest BCUT2D eigenvalue weighted by molar-refractivity contribution is 7.84. The molecule has 0 aliphatic carbocycles. The molecule has 0 aromatic heterocycles. The topological polar surface area (TPSA) is 29.1 Å². The van der Waals surface area contributed by atoms with Gasteiger partial charge in [0.25, 0.3) is 0 Å². The summed E-state index contributed by atoms with van der Waals surface area (Å²) in [6.45, 7) is 4.90. The lowest BCUT2D eigenvalue weighted by molar-refractivity contribution is 0.596. The third-order valence-corrected chi connectivity index (χ3v) is 3.71. The second kappa shape index (κ2) is 6.75. The van der Waals surface area contributed by atoms with Crippen molar-refractivity contribution >= 4 is 10.8 Å². The van der Waals surface area contributed by atoms with Crippen molar-refractivity contribution in [3.8, 4) is 0 Å². The van der Waals surface area contributed by atoms with Crippen LogP contribution in [0.2, 0.25) is 0 Å². The largest absolute Gasteiger partial charge is 0.309 e. The summed E-state index contributed by atoms with van der Waals surface area (Å²) in [5, 5.41) is 3.37. The molecule has 2 nitrogen and oxygen atoms in total. The van der Waals surface area contributed by atoms with Gasteiger partial charge in [-0.25, -0.2) is 0 Å². The molecule has 0 amide bonds. The van der Waals surface area contributed by atoms with Crippen LogP contribution in [0.3, 0.4) is 0 Å². The average Bonchev–Trinajstić information content (AvgIpc) is 2.29. The fourth-order valence-corrected chi connectivity index (χ4v) is 2.03. The van der Waals surface area contributed by atoms with E-state index in [4.69, 9.17) is 0 Å². The lowest BCUT2D eigenvalue weighted by Gasteiger charge is -2.13. The van der Waals surface area contributed by atoms with E-state index >= 15 is 0 Å². The molecule has 0 spiro atoms. The van der Waals surface area contributed by atoms with Crippen LogP contribution in [0, 0.1) is 0 Å². The van der Waals surface area contributed by atoms with Crippen molar-refractivity contribution in [1.82, 2.24) is 5.32 Å². The van der Waals surface area contributed by atoms with E-state index in [0.717, 1.165) is 18.1 Å². The van der Waals surface area contributed by atoms with E-state index in [9.17, 15) is 4.21 Å². The Kier molecular flexibility index (Phi) is 5.58. The SMILES string of the molecule is CCS(=O)CCNC(C)c1ccccc1. The van der Waals surface area contributed by atoms with E-state index in [0.29, 0.717) is 6.04 Å². The Morgan fingerprint density at radius 1 is 1.33 bits per heavy atom. The van der Waals surface area contributed by atoms with Gasteiger partial charge in [0.1, 0.15) is 0 Å². The first-order chi connectivity index (χ1) is 7.24. The average molecular weight is 225 g/mol. The first kappa shape index (κ1) is 12.4. The number of rotatable bonds is 6. The van der Waals surface area contributed by atoms with Gasteiger partial charge in [-0.15, -0.1) is 0 Å². The molecule has 15 heavy (non-hydrogen) atoms. The number of hydrogen-bond donors (Lipinski definition) is 1. The van der Waals surface area contributed by atoms with Gasteiger partial charge in [0, 0.05) is 34.9 Å². The molecular formula is C12H19NOS. The van der Waals surface area contributed by atoms with Crippen LogP contribution in [-0.4, -0.2) is 22.3 Å². The van der Waals surface area contributed by atoms with Crippen LogP contribution in [0.15, 0.2) is 30.3 Å². The van der Waals surface area contributed by atoms with Gasteiger partial charge >= 0.3 is 0 Å². The molecule has 0 saturated carbocycles. The van der Waals surface area contributed by atoms with Gasteiger partial charge in [-0.05, 0) is 12.5 Å². The minimum absolute atomic E-state index is 0.333. The molecule has 0 aliphatic rings. The summed E-state index contributed by atoms with van der Waals surface area (Å²) in [6.07, 6.45) is 0. The number of hydrogen-bond acceptors (Lipinski definition) is 2. The molecule has 3 heteroatoms. The second-order valence-electron chi connectivity index (χ2n) is 3.52. The quantitative estimate of drug-likeness (QED) is 0.803. The highest BCUT2D eigenvalue weighted by atomic mass is 32.2. The molecule has 1 N–H and O–H groups in total. The van der Waals surface area contributed by atoms with E-state index in [1.165, 1.54) is 5.56 Å². The van der Waals surface area contributed by atoms with Crippen molar-refractivity contribution in [1.29, 1.82) is 0 Å². The minimum Gasteiger partial charge on any atom is -0.309 e. The van der Waals surface area contributed by atoms with Crippen LogP contribution >= 0.6 is 0 Å². The second-order valence-corrected chi connectivity index (χ2v) is 5.38. The molecule has 1 aromatic carbocycles. The third-order valence-electron chi connectivity index (χ3n) is 2.40. The highest BCUT2D eigenvalue weighted by Gasteiger charge is 2.03. The molecule has 0 fully saturated rings. The van der Waals surface area contributed by atoms with E-state index in [2.05, 4.69) is 24.4 Å². The molecule has 2 atom stereocenters. The molecule has 84 valence electrons. The Balaban J connectivity index is 2.31. The van der Waals surface area contributed by atoms with E-state index in [1.54, 1.807) is 0 Å².